The molecule has 0 spiro atoms. The average molecular weight is 210 g/mol. The second-order valence-electron chi connectivity index (χ2n) is 1.59. The Morgan fingerprint density at radius 1 is 1.40 bits per heavy atom. The fraction of sp³-hybridized carbons (Fsp3) is 0. The number of rotatable bonds is 1. The molecule has 0 aliphatic heterocycles. The number of aromatic carboxylic acids is 1. The minimum absolute atomic E-state index is 0. The van der Waals surface area contributed by atoms with Crippen molar-refractivity contribution in [3.05, 3.63) is 35.9 Å². The van der Waals surface area contributed by atoms with E-state index in [4.69, 9.17) is 5.11 Å². The van der Waals surface area contributed by atoms with Crippen molar-refractivity contribution in [1.29, 1.82) is 0 Å². The summed E-state index contributed by atoms with van der Waals surface area (Å²) in [5.74, 6) is -0.899. The van der Waals surface area contributed by atoms with E-state index >= 15 is 0 Å². The molecule has 0 bridgehead atoms. The smallest absolute Gasteiger partial charge is 0.335 e. The second-order valence-corrected chi connectivity index (χ2v) is 1.59. The number of carbonyl (C=O) groups is 1. The summed E-state index contributed by atoms with van der Waals surface area (Å²) in [4.78, 5) is 10.2. The maximum absolute atomic E-state index is 10.2. The van der Waals surface area contributed by atoms with Crippen molar-refractivity contribution < 1.29 is 42.6 Å². The molecule has 2 nitrogen and oxygen atoms in total. The van der Waals surface area contributed by atoms with Gasteiger partial charge in [0.15, 0.2) is 0 Å². The zero-order valence-corrected chi connectivity index (χ0v) is 8.08. The van der Waals surface area contributed by atoms with Crippen LogP contribution in [0.3, 0.4) is 0 Å². The van der Waals surface area contributed by atoms with E-state index in [0.29, 0.717) is 5.56 Å². The maximum atomic E-state index is 10.2. The Hall–Kier alpha value is -0.206. The standard InChI is InChI=1S/C7H5O2.Y/c8-7(9)6-4-2-1-3-5-6;/h2-5H,(H,8,9);. The summed E-state index contributed by atoms with van der Waals surface area (Å²) in [7, 11) is 0. The Morgan fingerprint density at radius 2 is 1.90 bits per heavy atom. The van der Waals surface area contributed by atoms with Crippen molar-refractivity contribution in [1.82, 2.24) is 0 Å². The molecule has 1 N–H and O–H groups in total. The molecule has 0 atom stereocenters. The van der Waals surface area contributed by atoms with E-state index in [1.54, 1.807) is 12.1 Å². The van der Waals surface area contributed by atoms with Gasteiger partial charge in [0.1, 0.15) is 0 Å². The topological polar surface area (TPSA) is 37.3 Å². The van der Waals surface area contributed by atoms with Gasteiger partial charge in [-0.1, -0.05) is 12.1 Å². The minimum Gasteiger partial charge on any atom is -0.478 e. The molecule has 10 heavy (non-hydrogen) atoms. The predicted octanol–water partition coefficient (Wildman–Crippen LogP) is 1.18. The molecule has 0 heterocycles. The molecule has 1 aromatic rings. The quantitative estimate of drug-likeness (QED) is 0.755. The molecule has 0 saturated heterocycles. The first-order valence-electron chi connectivity index (χ1n) is 2.50. The number of hydrogen-bond donors (Lipinski definition) is 1. The van der Waals surface area contributed by atoms with Gasteiger partial charge in [0, 0.05) is 32.7 Å². The number of carboxylic acid groups (broad SMARTS) is 1. The number of benzene rings is 1. The summed E-state index contributed by atoms with van der Waals surface area (Å²) in [5, 5.41) is 8.37. The van der Waals surface area contributed by atoms with Gasteiger partial charge in [-0.3, -0.25) is 0 Å². The molecule has 0 aliphatic carbocycles. The van der Waals surface area contributed by atoms with Gasteiger partial charge in [-0.15, -0.1) is 0 Å². The third-order valence-corrected chi connectivity index (χ3v) is 0.965. The van der Waals surface area contributed by atoms with E-state index in [1.165, 1.54) is 12.1 Å². The number of carboxylic acids is 1. The number of hydrogen-bond acceptors (Lipinski definition) is 1. The van der Waals surface area contributed by atoms with Gasteiger partial charge in [-0.2, -0.15) is 0 Å². The molecule has 0 aliphatic rings. The first-order valence-corrected chi connectivity index (χ1v) is 2.50. The van der Waals surface area contributed by atoms with Gasteiger partial charge in [-0.25, -0.2) is 4.79 Å². The van der Waals surface area contributed by atoms with E-state index in [-0.39, 0.29) is 32.7 Å². The van der Waals surface area contributed by atoms with Crippen LogP contribution in [-0.4, -0.2) is 11.1 Å². The normalized spacial score (nSPS) is 8.00. The molecule has 0 amide bonds. The Morgan fingerprint density at radius 3 is 2.20 bits per heavy atom. The summed E-state index contributed by atoms with van der Waals surface area (Å²) in [6.07, 6.45) is 0. The van der Waals surface area contributed by atoms with E-state index in [9.17, 15) is 4.79 Å². The predicted molar refractivity (Wildman–Crippen MR) is 32.2 cm³/mol. The van der Waals surface area contributed by atoms with E-state index in [0.717, 1.165) is 0 Å². The molecule has 0 fully saturated rings. The largest absolute Gasteiger partial charge is 0.478 e. The van der Waals surface area contributed by atoms with Crippen molar-refractivity contribution in [3.8, 4) is 0 Å². The summed E-state index contributed by atoms with van der Waals surface area (Å²) < 4.78 is 0. The third-order valence-electron chi connectivity index (χ3n) is 0.965. The maximum Gasteiger partial charge on any atom is 0.335 e. The van der Waals surface area contributed by atoms with Crippen molar-refractivity contribution in [2.24, 2.45) is 0 Å². The van der Waals surface area contributed by atoms with Crippen LogP contribution in [0.15, 0.2) is 24.3 Å². The van der Waals surface area contributed by atoms with Gasteiger partial charge < -0.3 is 5.11 Å². The first kappa shape index (κ1) is 9.79. The van der Waals surface area contributed by atoms with Crippen molar-refractivity contribution >= 4 is 5.97 Å². The molecule has 1 rings (SSSR count). The molecule has 2 radical (unpaired) electrons. The van der Waals surface area contributed by atoms with Crippen molar-refractivity contribution in [2.75, 3.05) is 0 Å². The summed E-state index contributed by atoms with van der Waals surface area (Å²) >= 11 is 0. The Balaban J connectivity index is 0.000000810. The SMILES string of the molecule is O=C(O)c1cc[c]cc1.[Y]. The van der Waals surface area contributed by atoms with Crippen LogP contribution in [0, 0.1) is 6.07 Å². The summed E-state index contributed by atoms with van der Waals surface area (Å²) in [5.41, 5.74) is 0.300. The molecule has 0 unspecified atom stereocenters. The molecule has 3 heteroatoms. The summed E-state index contributed by atoms with van der Waals surface area (Å²) in [6.45, 7) is 0. The molecular weight excluding hydrogens is 205 g/mol. The average Bonchev–Trinajstić information content (AvgIpc) is 1.90. The third kappa shape index (κ3) is 2.59. The fourth-order valence-electron chi connectivity index (χ4n) is 0.529. The molecule has 1 aromatic carbocycles. The monoisotopic (exact) mass is 210 g/mol. The van der Waals surface area contributed by atoms with Gasteiger partial charge >= 0.3 is 5.97 Å². The molecule has 0 saturated carbocycles. The zero-order valence-electron chi connectivity index (χ0n) is 5.24. The Labute approximate surface area is 84.1 Å². The minimum atomic E-state index is -0.899. The van der Waals surface area contributed by atoms with Crippen LogP contribution in [-0.2, 0) is 32.7 Å². The molecule has 0 aromatic heterocycles. The van der Waals surface area contributed by atoms with Gasteiger partial charge in [0.2, 0.25) is 0 Å². The first-order chi connectivity index (χ1) is 4.30. The Kier molecular flexibility index (Phi) is 4.49. The van der Waals surface area contributed by atoms with Crippen molar-refractivity contribution in [2.45, 2.75) is 0 Å². The van der Waals surface area contributed by atoms with E-state index in [1.807, 2.05) is 0 Å². The van der Waals surface area contributed by atoms with E-state index in [2.05, 4.69) is 6.07 Å². The van der Waals surface area contributed by atoms with Crippen LogP contribution in [0.5, 0.6) is 0 Å². The van der Waals surface area contributed by atoms with Crippen LogP contribution in [0.25, 0.3) is 0 Å². The summed E-state index contributed by atoms with van der Waals surface area (Å²) in [6, 6.07) is 8.87. The zero-order chi connectivity index (χ0) is 6.69. The van der Waals surface area contributed by atoms with Crippen LogP contribution in [0.4, 0.5) is 0 Å². The van der Waals surface area contributed by atoms with Crippen LogP contribution >= 0.6 is 0 Å². The molecular formula is C7H5O2Y. The van der Waals surface area contributed by atoms with Crippen LogP contribution < -0.4 is 0 Å². The Bertz CT molecular complexity index is 208. The molecule has 48 valence electrons. The second kappa shape index (κ2) is 4.58. The van der Waals surface area contributed by atoms with Gasteiger partial charge in [0.25, 0.3) is 0 Å². The fourth-order valence-corrected chi connectivity index (χ4v) is 0.529. The van der Waals surface area contributed by atoms with Crippen LogP contribution in [0.1, 0.15) is 10.4 Å². The van der Waals surface area contributed by atoms with Gasteiger partial charge in [0.05, 0.1) is 5.56 Å². The van der Waals surface area contributed by atoms with Crippen LogP contribution in [0.2, 0.25) is 0 Å². The van der Waals surface area contributed by atoms with Crippen molar-refractivity contribution in [3.63, 3.8) is 0 Å². The van der Waals surface area contributed by atoms with Gasteiger partial charge in [-0.05, 0) is 18.2 Å². The van der Waals surface area contributed by atoms with E-state index < -0.39 is 5.97 Å².